The largest absolute Gasteiger partial charge is 0.404 e. The first kappa shape index (κ1) is 22.7. The van der Waals surface area contributed by atoms with E-state index in [2.05, 4.69) is 119 Å². The predicted molar refractivity (Wildman–Crippen MR) is 173 cm³/mol. The molecule has 8 heteroatoms. The van der Waals surface area contributed by atoms with Crippen LogP contribution in [0.4, 0.5) is 11.6 Å². The highest BCUT2D eigenvalue weighted by Gasteiger charge is 2.69. The van der Waals surface area contributed by atoms with Gasteiger partial charge < -0.3 is 0 Å². The van der Waals surface area contributed by atoms with Crippen molar-refractivity contribution < 1.29 is 9.15 Å². The molecule has 0 radical (unpaired) electrons. The van der Waals surface area contributed by atoms with E-state index in [4.69, 9.17) is 20.0 Å². The topological polar surface area (TPSA) is 65.3 Å². The van der Waals surface area contributed by atoms with Gasteiger partial charge in [0.25, 0.3) is 23.3 Å². The van der Waals surface area contributed by atoms with E-state index in [9.17, 15) is 0 Å². The lowest BCUT2D eigenvalue weighted by Gasteiger charge is -2.40. The highest BCUT2D eigenvalue weighted by atomic mass is 15.7. The fourth-order valence-electron chi connectivity index (χ4n) is 8.54. The zero-order valence-corrected chi connectivity index (χ0v) is 25.0. The lowest BCUT2D eigenvalue weighted by molar-refractivity contribution is -0.790. The molecule has 1 atom stereocenters. The van der Waals surface area contributed by atoms with Crippen LogP contribution in [0.3, 0.4) is 0 Å². The molecule has 0 bridgehead atoms. The highest BCUT2D eigenvalue weighted by Crippen LogP contribution is 2.52. The zero-order chi connectivity index (χ0) is 29.7. The van der Waals surface area contributed by atoms with E-state index in [1.54, 1.807) is 0 Å². The third kappa shape index (κ3) is 2.22. The third-order valence-electron chi connectivity index (χ3n) is 10.4. The molecular formula is C37H24N8+2. The van der Waals surface area contributed by atoms with E-state index in [0.29, 0.717) is 0 Å². The Balaban J connectivity index is 1.42. The van der Waals surface area contributed by atoms with Crippen LogP contribution in [0.15, 0.2) is 92.8 Å². The molecule has 0 N–H and O–H groups in total. The summed E-state index contributed by atoms with van der Waals surface area (Å²) in [5.41, 5.74) is 11.0. The minimum Gasteiger partial charge on any atom is -0.192 e. The van der Waals surface area contributed by atoms with Gasteiger partial charge in [0.15, 0.2) is 0 Å². The molecule has 0 amide bonds. The maximum atomic E-state index is 5.53. The molecule has 6 aliphatic rings. The Morgan fingerprint density at radius 1 is 0.467 bits per heavy atom. The van der Waals surface area contributed by atoms with Crippen molar-refractivity contribution in [3.05, 3.63) is 128 Å². The van der Waals surface area contributed by atoms with Gasteiger partial charge in [0.05, 0.1) is 22.3 Å². The number of rotatable bonds is 0. The Bertz CT molecular complexity index is 2850. The summed E-state index contributed by atoms with van der Waals surface area (Å²) in [4.78, 5) is 22.1. The molecule has 2 aromatic heterocycles. The summed E-state index contributed by atoms with van der Waals surface area (Å²) in [6.45, 7) is 8.59. The van der Waals surface area contributed by atoms with Crippen LogP contribution in [0, 0.1) is 27.7 Å². The molecule has 4 aromatic carbocycles. The van der Waals surface area contributed by atoms with Crippen LogP contribution in [-0.4, -0.2) is 41.6 Å². The lowest BCUT2D eigenvalue weighted by atomic mass is 10.0. The Morgan fingerprint density at radius 3 is 1.76 bits per heavy atom. The number of aryl methyl sites for hydroxylation is 4. The molecule has 6 aromatic rings. The monoisotopic (exact) mass is 580 g/mol. The van der Waals surface area contributed by atoms with Gasteiger partial charge in [-0.1, -0.05) is 66.5 Å². The molecule has 210 valence electrons. The van der Waals surface area contributed by atoms with Gasteiger partial charge in [0.1, 0.15) is 0 Å². The second-order valence-corrected chi connectivity index (χ2v) is 13.2. The van der Waals surface area contributed by atoms with E-state index in [1.807, 2.05) is 0 Å². The maximum absolute atomic E-state index is 5.53. The number of amidine groups is 4. The summed E-state index contributed by atoms with van der Waals surface area (Å²) in [6.07, 6.45) is 0. The van der Waals surface area contributed by atoms with Crippen LogP contribution < -0.4 is 11.0 Å². The Hall–Kier alpha value is -5.76. The van der Waals surface area contributed by atoms with E-state index >= 15 is 0 Å². The van der Waals surface area contributed by atoms with Gasteiger partial charge in [0.2, 0.25) is 22.6 Å². The van der Waals surface area contributed by atoms with Crippen molar-refractivity contribution in [2.45, 2.75) is 33.6 Å². The summed E-state index contributed by atoms with van der Waals surface area (Å²) in [5.74, 6) is 4.50. The Kier molecular flexibility index (Phi) is 3.44. The molecule has 45 heavy (non-hydrogen) atoms. The van der Waals surface area contributed by atoms with Gasteiger partial charge in [-0.15, -0.1) is 9.15 Å². The fourth-order valence-corrected chi connectivity index (χ4v) is 8.54. The minimum absolute atomic E-state index is 0.906. The van der Waals surface area contributed by atoms with Crippen molar-refractivity contribution in [2.24, 2.45) is 20.0 Å². The van der Waals surface area contributed by atoms with Crippen molar-refractivity contribution in [1.29, 1.82) is 0 Å². The van der Waals surface area contributed by atoms with Crippen LogP contribution in [0.2, 0.25) is 0 Å². The minimum atomic E-state index is -0.947. The molecule has 0 saturated heterocycles. The number of fused-ring (bicyclic) bond motifs is 12. The highest BCUT2D eigenvalue weighted by molar-refractivity contribution is 6.20. The summed E-state index contributed by atoms with van der Waals surface area (Å²) < 4.78 is 9.46. The van der Waals surface area contributed by atoms with Crippen molar-refractivity contribution in [3.63, 3.8) is 0 Å². The van der Waals surface area contributed by atoms with E-state index in [0.717, 1.165) is 89.8 Å². The third-order valence-corrected chi connectivity index (χ3v) is 10.4. The average Bonchev–Trinajstić information content (AvgIpc) is 3.72. The van der Waals surface area contributed by atoms with Crippen LogP contribution in [0.1, 0.15) is 44.5 Å². The average molecular weight is 581 g/mol. The SMILES string of the molecule is Cc1ccc2c(c1)C1=Nc3c4ccc(C)cc4c4n3C35n6c(c7ccc(C)cc7c6=NC6=[N+]3C(=N4)c3ccc(C)cc36)=NC2=[N+]15. The van der Waals surface area contributed by atoms with Crippen LogP contribution in [0.5, 0.6) is 0 Å². The number of hydrogen-bond donors (Lipinski definition) is 0. The van der Waals surface area contributed by atoms with Crippen molar-refractivity contribution in [1.82, 2.24) is 9.13 Å². The van der Waals surface area contributed by atoms with Gasteiger partial charge in [-0.05, 0) is 76.2 Å². The maximum Gasteiger partial charge on any atom is 0.404 e. The summed E-state index contributed by atoms with van der Waals surface area (Å²) in [5, 5.41) is 4.39. The lowest BCUT2D eigenvalue weighted by Crippen LogP contribution is -2.71. The molecule has 1 unspecified atom stereocenters. The fraction of sp³-hybridized carbons (Fsp3) is 0.135. The van der Waals surface area contributed by atoms with Crippen molar-refractivity contribution >= 4 is 56.5 Å². The molecule has 0 fully saturated rings. The van der Waals surface area contributed by atoms with Gasteiger partial charge >= 0.3 is 5.91 Å². The van der Waals surface area contributed by atoms with Gasteiger partial charge in [-0.25, -0.2) is 0 Å². The normalized spacial score (nSPS) is 20.1. The standard InChI is InChI=1S/C37H24N8/c1-17-5-9-21-25(13-17)33-39-31-23-11-7-18(2)14-26(23)34-40-32-24-12-8-20(4)16-28(24)36-41-35-27-15-19(3)6-10-22(27)30-38-29(21)42(33)37(43(30)35,44(31)34)45(32)36/h5-16H,1-4H3/q+2. The van der Waals surface area contributed by atoms with Crippen molar-refractivity contribution in [3.8, 4) is 0 Å². The molecule has 8 nitrogen and oxygen atoms in total. The molecule has 8 heterocycles. The molecule has 0 aliphatic carbocycles. The first-order valence-corrected chi connectivity index (χ1v) is 15.4. The first-order valence-electron chi connectivity index (χ1n) is 15.4. The van der Waals surface area contributed by atoms with Gasteiger partial charge in [-0.3, -0.25) is 0 Å². The van der Waals surface area contributed by atoms with Gasteiger partial charge in [0, 0.05) is 21.5 Å². The predicted octanol–water partition coefficient (Wildman–Crippen LogP) is 4.94. The number of hydrogen-bond acceptors (Lipinski definition) is 4. The zero-order valence-electron chi connectivity index (χ0n) is 25.0. The number of benzene rings is 4. The number of aliphatic imine (C=N–C) groups is 2. The summed E-state index contributed by atoms with van der Waals surface area (Å²) >= 11 is 0. The first-order chi connectivity index (χ1) is 21.9. The van der Waals surface area contributed by atoms with Crippen molar-refractivity contribution in [2.75, 3.05) is 0 Å². The molecule has 6 aliphatic heterocycles. The van der Waals surface area contributed by atoms with Crippen LogP contribution in [0.25, 0.3) is 21.5 Å². The summed E-state index contributed by atoms with van der Waals surface area (Å²) in [6, 6.07) is 26.6. The number of nitrogens with zero attached hydrogens (tertiary/aromatic N) is 8. The summed E-state index contributed by atoms with van der Waals surface area (Å²) in [7, 11) is 0. The quantitative estimate of drug-likeness (QED) is 0.229. The van der Waals surface area contributed by atoms with E-state index in [-0.39, 0.29) is 0 Å². The number of aromatic nitrogens is 2. The van der Waals surface area contributed by atoms with E-state index in [1.165, 1.54) is 22.3 Å². The second kappa shape index (κ2) is 6.81. The molecule has 0 saturated carbocycles. The smallest absolute Gasteiger partial charge is 0.192 e. The Morgan fingerprint density at radius 2 is 1.00 bits per heavy atom. The second-order valence-electron chi connectivity index (χ2n) is 13.2. The Labute approximate surface area is 256 Å². The van der Waals surface area contributed by atoms with Gasteiger partial charge in [-0.2, -0.15) is 9.13 Å². The van der Waals surface area contributed by atoms with Crippen LogP contribution in [-0.2, 0) is 5.91 Å². The molecular weight excluding hydrogens is 556 g/mol. The molecule has 1 spiro atoms. The molecule has 12 rings (SSSR count). The van der Waals surface area contributed by atoms with Crippen LogP contribution >= 0.6 is 0 Å². The van der Waals surface area contributed by atoms with E-state index < -0.39 is 5.91 Å².